The number of hydrogen-bond donors (Lipinski definition) is 0. The summed E-state index contributed by atoms with van der Waals surface area (Å²) in [5, 5.41) is 3.33. The highest BCUT2D eigenvalue weighted by Gasteiger charge is 1.98. The highest BCUT2D eigenvalue weighted by molar-refractivity contribution is 5.78. The maximum atomic E-state index is 12.5. The van der Waals surface area contributed by atoms with E-state index in [9.17, 15) is 8.78 Å². The van der Waals surface area contributed by atoms with Gasteiger partial charge in [0.1, 0.15) is 18.7 Å². The molecular weight excluding hydrogens is 164 g/mol. The van der Waals surface area contributed by atoms with Gasteiger partial charge in [-0.05, 0) is 6.07 Å². The summed E-state index contributed by atoms with van der Waals surface area (Å²) in [7, 11) is 1.34. The van der Waals surface area contributed by atoms with Crippen molar-refractivity contribution in [2.75, 3.05) is 7.11 Å². The first-order valence-corrected chi connectivity index (χ1v) is 3.17. The largest absolute Gasteiger partial charge is 0.399 e. The van der Waals surface area contributed by atoms with Gasteiger partial charge in [-0.3, -0.25) is 0 Å². The Morgan fingerprint density at radius 3 is 2.83 bits per heavy atom. The van der Waals surface area contributed by atoms with Crippen LogP contribution in [0.3, 0.4) is 0 Å². The summed E-state index contributed by atoms with van der Waals surface area (Å²) < 4.78 is 25.0. The van der Waals surface area contributed by atoms with Crippen molar-refractivity contribution in [1.29, 1.82) is 0 Å². The molecule has 0 aliphatic heterocycles. The van der Waals surface area contributed by atoms with E-state index in [1.54, 1.807) is 0 Å². The molecule has 0 saturated carbocycles. The third-order valence-electron chi connectivity index (χ3n) is 1.12. The van der Waals surface area contributed by atoms with E-state index in [1.807, 2.05) is 0 Å². The third kappa shape index (κ3) is 2.30. The van der Waals surface area contributed by atoms with E-state index >= 15 is 0 Å². The van der Waals surface area contributed by atoms with E-state index in [-0.39, 0.29) is 5.56 Å². The van der Waals surface area contributed by atoms with E-state index in [4.69, 9.17) is 0 Å². The Morgan fingerprint density at radius 1 is 1.50 bits per heavy atom. The van der Waals surface area contributed by atoms with Crippen LogP contribution in [0.4, 0.5) is 8.78 Å². The minimum atomic E-state index is -0.757. The second-order valence-electron chi connectivity index (χ2n) is 2.02. The van der Waals surface area contributed by atoms with Gasteiger partial charge in [-0.25, -0.2) is 8.78 Å². The van der Waals surface area contributed by atoms with Crippen molar-refractivity contribution in [3.05, 3.63) is 35.4 Å². The molecule has 4 heteroatoms. The van der Waals surface area contributed by atoms with Crippen molar-refractivity contribution in [1.82, 2.24) is 0 Å². The molecule has 0 bridgehead atoms. The Labute approximate surface area is 68.5 Å². The second kappa shape index (κ2) is 3.80. The Hall–Kier alpha value is -1.45. The van der Waals surface area contributed by atoms with Crippen molar-refractivity contribution in [3.8, 4) is 0 Å². The van der Waals surface area contributed by atoms with Crippen LogP contribution in [0.25, 0.3) is 0 Å². The Kier molecular flexibility index (Phi) is 2.74. The van der Waals surface area contributed by atoms with Crippen LogP contribution in [0, 0.1) is 17.7 Å². The number of benzene rings is 1. The standard InChI is InChI=1S/C8H6F2NO/c1-12-11-5-6-2-7(9)4-8(10)3-6/h2,4-5H,1H3/b11-5+. The average Bonchev–Trinajstić information content (AvgIpc) is 1.99. The summed E-state index contributed by atoms with van der Waals surface area (Å²) >= 11 is 0. The zero-order valence-electron chi connectivity index (χ0n) is 6.34. The molecule has 1 rings (SSSR count). The molecule has 0 saturated heterocycles. The Balaban J connectivity index is 2.93. The molecule has 0 amide bonds. The van der Waals surface area contributed by atoms with Crippen molar-refractivity contribution < 1.29 is 13.6 Å². The summed E-state index contributed by atoms with van der Waals surface area (Å²) in [5.74, 6) is -1.42. The van der Waals surface area contributed by atoms with Crippen LogP contribution >= 0.6 is 0 Å². The maximum Gasteiger partial charge on any atom is 0.134 e. The van der Waals surface area contributed by atoms with Crippen molar-refractivity contribution in [3.63, 3.8) is 0 Å². The molecule has 1 aromatic rings. The summed E-state index contributed by atoms with van der Waals surface area (Å²) in [4.78, 5) is 4.33. The van der Waals surface area contributed by atoms with E-state index in [1.165, 1.54) is 13.3 Å². The fourth-order valence-corrected chi connectivity index (χ4v) is 0.700. The van der Waals surface area contributed by atoms with Gasteiger partial charge in [-0.1, -0.05) is 5.16 Å². The first-order chi connectivity index (χ1) is 5.72. The quantitative estimate of drug-likeness (QED) is 0.489. The fourth-order valence-electron chi connectivity index (χ4n) is 0.700. The first kappa shape index (κ1) is 8.64. The molecule has 1 aromatic carbocycles. The smallest absolute Gasteiger partial charge is 0.134 e. The van der Waals surface area contributed by atoms with Gasteiger partial charge in [0.05, 0.1) is 6.21 Å². The lowest BCUT2D eigenvalue weighted by molar-refractivity contribution is 0.215. The minimum Gasteiger partial charge on any atom is -0.399 e. The fraction of sp³-hybridized carbons (Fsp3) is 0.125. The predicted molar refractivity (Wildman–Crippen MR) is 39.8 cm³/mol. The normalized spacial score (nSPS) is 10.6. The molecule has 0 aromatic heterocycles. The molecule has 0 aliphatic rings. The van der Waals surface area contributed by atoms with Crippen LogP contribution in [0.15, 0.2) is 17.3 Å². The van der Waals surface area contributed by atoms with Crippen LogP contribution in [-0.2, 0) is 4.84 Å². The van der Waals surface area contributed by atoms with Gasteiger partial charge in [0.15, 0.2) is 0 Å². The molecule has 0 spiro atoms. The molecule has 63 valence electrons. The van der Waals surface area contributed by atoms with E-state index in [0.717, 1.165) is 12.1 Å². The summed E-state index contributed by atoms with van der Waals surface area (Å²) in [6.07, 6.45) is 1.17. The lowest BCUT2D eigenvalue weighted by Gasteiger charge is -1.92. The zero-order valence-corrected chi connectivity index (χ0v) is 6.34. The maximum absolute atomic E-state index is 12.5. The van der Waals surface area contributed by atoms with Crippen LogP contribution in [0.2, 0.25) is 0 Å². The number of halogens is 2. The van der Waals surface area contributed by atoms with Gasteiger partial charge in [0.25, 0.3) is 0 Å². The van der Waals surface area contributed by atoms with Gasteiger partial charge in [-0.2, -0.15) is 0 Å². The van der Waals surface area contributed by atoms with Crippen molar-refractivity contribution in [2.24, 2.45) is 5.16 Å². The molecule has 0 N–H and O–H groups in total. The lowest BCUT2D eigenvalue weighted by Crippen LogP contribution is -1.87. The number of hydrogen-bond acceptors (Lipinski definition) is 2. The third-order valence-corrected chi connectivity index (χ3v) is 1.12. The zero-order chi connectivity index (χ0) is 8.97. The lowest BCUT2D eigenvalue weighted by atomic mass is 10.2. The molecule has 1 radical (unpaired) electrons. The van der Waals surface area contributed by atoms with Crippen LogP contribution in [0.5, 0.6) is 0 Å². The molecule has 0 fully saturated rings. The molecule has 0 unspecified atom stereocenters. The van der Waals surface area contributed by atoms with Gasteiger partial charge in [0, 0.05) is 17.7 Å². The van der Waals surface area contributed by atoms with Crippen LogP contribution in [-0.4, -0.2) is 13.3 Å². The molecular formula is C8H6F2NO. The van der Waals surface area contributed by atoms with E-state index < -0.39 is 11.6 Å². The molecule has 0 aliphatic carbocycles. The second-order valence-corrected chi connectivity index (χ2v) is 2.02. The topological polar surface area (TPSA) is 21.6 Å². The van der Waals surface area contributed by atoms with E-state index in [2.05, 4.69) is 16.1 Å². The Morgan fingerprint density at radius 2 is 2.25 bits per heavy atom. The highest BCUT2D eigenvalue weighted by atomic mass is 19.1. The first-order valence-electron chi connectivity index (χ1n) is 3.17. The average molecular weight is 170 g/mol. The molecule has 0 heterocycles. The predicted octanol–water partition coefficient (Wildman–Crippen LogP) is 1.75. The molecule has 2 nitrogen and oxygen atoms in total. The van der Waals surface area contributed by atoms with Crippen molar-refractivity contribution >= 4 is 6.21 Å². The van der Waals surface area contributed by atoms with Crippen molar-refractivity contribution in [2.45, 2.75) is 0 Å². The van der Waals surface area contributed by atoms with Crippen LogP contribution in [0.1, 0.15) is 5.56 Å². The minimum absolute atomic E-state index is 0.203. The Bertz CT molecular complexity index is 279. The molecule has 0 atom stereocenters. The van der Waals surface area contributed by atoms with E-state index in [0.29, 0.717) is 0 Å². The summed E-state index contributed by atoms with van der Waals surface area (Å²) in [6.45, 7) is 0. The molecule has 12 heavy (non-hydrogen) atoms. The van der Waals surface area contributed by atoms with Gasteiger partial charge in [-0.15, -0.1) is 0 Å². The monoisotopic (exact) mass is 170 g/mol. The highest BCUT2D eigenvalue weighted by Crippen LogP contribution is 2.04. The van der Waals surface area contributed by atoms with Gasteiger partial charge in [0.2, 0.25) is 0 Å². The van der Waals surface area contributed by atoms with Gasteiger partial charge < -0.3 is 4.84 Å². The van der Waals surface area contributed by atoms with Gasteiger partial charge >= 0.3 is 0 Å². The summed E-state index contributed by atoms with van der Waals surface area (Å²) in [6, 6.07) is 4.09. The number of nitrogens with zero attached hydrogens (tertiary/aromatic N) is 1. The summed E-state index contributed by atoms with van der Waals surface area (Å²) in [5.41, 5.74) is 0.203. The number of oxime groups is 1. The SMILES string of the molecule is CO/N=C/c1[c]c(F)cc(F)c1. The van der Waals surface area contributed by atoms with Crippen LogP contribution < -0.4 is 0 Å². The number of rotatable bonds is 2.